The van der Waals surface area contributed by atoms with Crippen LogP contribution in [0.15, 0.2) is 24.3 Å². The predicted molar refractivity (Wildman–Crippen MR) is 77.2 cm³/mol. The van der Waals surface area contributed by atoms with E-state index in [0.717, 1.165) is 5.56 Å². The van der Waals surface area contributed by atoms with Gasteiger partial charge < -0.3 is 30.5 Å². The van der Waals surface area contributed by atoms with Crippen molar-refractivity contribution in [2.24, 2.45) is 0 Å². The lowest BCUT2D eigenvalue weighted by molar-refractivity contribution is -0.252. The van der Waals surface area contributed by atoms with Crippen LogP contribution in [0.3, 0.4) is 0 Å². The van der Waals surface area contributed by atoms with E-state index in [4.69, 9.17) is 21.4 Å². The maximum absolute atomic E-state index is 12.1. The van der Waals surface area contributed by atoms with Gasteiger partial charge in [-0.05, 0) is 17.7 Å². The molecule has 22 heavy (non-hydrogen) atoms. The Morgan fingerprint density at radius 3 is 2.36 bits per heavy atom. The van der Waals surface area contributed by atoms with E-state index >= 15 is 0 Å². The van der Waals surface area contributed by atoms with Crippen molar-refractivity contribution in [3.8, 4) is 0 Å². The standard InChI is InChI=1S/C14H18ClNO6/c15-5-7-1-3-8(4-2-7)13(20)16-10-12(19)11(18)9(6-17)22-14(10)21/h1-4,9-12,14,17-19,21H,5-6H2,(H,16,20)/t9-,10+,11-,12-,14?/m1/s1. The summed E-state index contributed by atoms with van der Waals surface area (Å²) in [6, 6.07) is 5.27. The molecule has 5 atom stereocenters. The van der Waals surface area contributed by atoms with E-state index in [1.807, 2.05) is 0 Å². The average Bonchev–Trinajstić information content (AvgIpc) is 2.54. The molecule has 0 radical (unpaired) electrons. The summed E-state index contributed by atoms with van der Waals surface area (Å²) in [5.74, 6) is -0.215. The highest BCUT2D eigenvalue weighted by Gasteiger charge is 2.44. The highest BCUT2D eigenvalue weighted by molar-refractivity contribution is 6.17. The molecule has 1 aliphatic rings. The van der Waals surface area contributed by atoms with Gasteiger partial charge in [0.15, 0.2) is 6.29 Å². The lowest BCUT2D eigenvalue weighted by atomic mass is 9.96. The second-order valence-electron chi connectivity index (χ2n) is 5.06. The average molecular weight is 332 g/mol. The van der Waals surface area contributed by atoms with Crippen LogP contribution in [0.25, 0.3) is 0 Å². The van der Waals surface area contributed by atoms with E-state index in [0.29, 0.717) is 11.4 Å². The lowest BCUT2D eigenvalue weighted by Crippen LogP contribution is -2.64. The van der Waals surface area contributed by atoms with Crippen LogP contribution in [0.2, 0.25) is 0 Å². The Bertz CT molecular complexity index is 511. The third kappa shape index (κ3) is 3.57. The highest BCUT2D eigenvalue weighted by Crippen LogP contribution is 2.20. The summed E-state index contributed by atoms with van der Waals surface area (Å²) < 4.78 is 4.97. The number of halogens is 1. The van der Waals surface area contributed by atoms with Crippen LogP contribution in [0.4, 0.5) is 0 Å². The zero-order valence-electron chi connectivity index (χ0n) is 11.6. The summed E-state index contributed by atoms with van der Waals surface area (Å²) in [5, 5.41) is 40.9. The molecule has 0 aliphatic carbocycles. The van der Waals surface area contributed by atoms with Gasteiger partial charge in [-0.15, -0.1) is 11.6 Å². The fourth-order valence-corrected chi connectivity index (χ4v) is 2.41. The smallest absolute Gasteiger partial charge is 0.251 e. The van der Waals surface area contributed by atoms with Gasteiger partial charge in [-0.3, -0.25) is 4.79 Å². The van der Waals surface area contributed by atoms with Gasteiger partial charge in [0, 0.05) is 11.4 Å². The first-order valence-electron chi connectivity index (χ1n) is 6.74. The zero-order chi connectivity index (χ0) is 16.3. The number of benzene rings is 1. The molecule has 0 spiro atoms. The summed E-state index contributed by atoms with van der Waals surface area (Å²) >= 11 is 5.66. The molecule has 5 N–H and O–H groups in total. The first-order chi connectivity index (χ1) is 10.5. The molecule has 8 heteroatoms. The molecule has 1 amide bonds. The van der Waals surface area contributed by atoms with Crippen molar-refractivity contribution in [1.82, 2.24) is 5.32 Å². The van der Waals surface area contributed by atoms with Crippen LogP contribution in [-0.2, 0) is 10.6 Å². The molecule has 1 aromatic carbocycles. The van der Waals surface area contributed by atoms with Crippen LogP contribution in [0.5, 0.6) is 0 Å². The van der Waals surface area contributed by atoms with E-state index in [1.54, 1.807) is 24.3 Å². The van der Waals surface area contributed by atoms with Gasteiger partial charge in [0.25, 0.3) is 5.91 Å². The number of aliphatic hydroxyl groups is 4. The highest BCUT2D eigenvalue weighted by atomic mass is 35.5. The third-order valence-corrected chi connectivity index (χ3v) is 3.88. The van der Waals surface area contributed by atoms with E-state index in [-0.39, 0.29) is 0 Å². The van der Waals surface area contributed by atoms with Crippen molar-refractivity contribution in [2.75, 3.05) is 6.61 Å². The monoisotopic (exact) mass is 331 g/mol. The minimum absolute atomic E-state index is 0.312. The molecule has 1 aliphatic heterocycles. The Morgan fingerprint density at radius 1 is 1.18 bits per heavy atom. The zero-order valence-corrected chi connectivity index (χ0v) is 12.3. The number of hydrogen-bond donors (Lipinski definition) is 5. The largest absolute Gasteiger partial charge is 0.394 e. The Labute approximate surface area is 132 Å². The Morgan fingerprint density at radius 2 is 1.82 bits per heavy atom. The quantitative estimate of drug-likeness (QED) is 0.449. The molecule has 1 heterocycles. The number of nitrogens with one attached hydrogen (secondary N) is 1. The van der Waals surface area contributed by atoms with Gasteiger partial charge in [0.2, 0.25) is 0 Å². The van der Waals surface area contributed by atoms with Gasteiger partial charge in [-0.2, -0.15) is 0 Å². The SMILES string of the molecule is O=C(N[C@@H]1C(O)O[C@H](CO)[C@@H](O)[C@@H]1O)c1ccc(CCl)cc1. The van der Waals surface area contributed by atoms with Crippen LogP contribution in [0, 0.1) is 0 Å². The molecule has 7 nitrogen and oxygen atoms in total. The molecule has 1 unspecified atom stereocenters. The Hall–Kier alpha value is -1.22. The number of carbonyl (C=O) groups is 1. The number of rotatable bonds is 4. The number of aliphatic hydroxyl groups excluding tert-OH is 4. The van der Waals surface area contributed by atoms with E-state index in [9.17, 15) is 20.1 Å². The first-order valence-corrected chi connectivity index (χ1v) is 7.27. The fourth-order valence-electron chi connectivity index (χ4n) is 2.23. The summed E-state index contributed by atoms with van der Waals surface area (Å²) in [4.78, 5) is 12.1. The van der Waals surface area contributed by atoms with E-state index < -0.39 is 43.2 Å². The topological polar surface area (TPSA) is 119 Å². The maximum atomic E-state index is 12.1. The van der Waals surface area contributed by atoms with Crippen LogP contribution in [0.1, 0.15) is 15.9 Å². The van der Waals surface area contributed by atoms with Gasteiger partial charge in [0.05, 0.1) is 6.61 Å². The number of carbonyl (C=O) groups excluding carboxylic acids is 1. The maximum Gasteiger partial charge on any atom is 0.251 e. The van der Waals surface area contributed by atoms with Crippen molar-refractivity contribution in [1.29, 1.82) is 0 Å². The molecular formula is C14H18ClNO6. The van der Waals surface area contributed by atoms with Crippen molar-refractivity contribution in [3.05, 3.63) is 35.4 Å². The minimum Gasteiger partial charge on any atom is -0.394 e. The molecule has 0 saturated carbocycles. The molecule has 0 bridgehead atoms. The molecule has 1 aromatic rings. The Kier molecular flexibility index (Phi) is 5.74. The molecule has 1 saturated heterocycles. The van der Waals surface area contributed by atoms with Crippen molar-refractivity contribution >= 4 is 17.5 Å². The lowest BCUT2D eigenvalue weighted by Gasteiger charge is -2.40. The Balaban J connectivity index is 2.06. The van der Waals surface area contributed by atoms with Gasteiger partial charge >= 0.3 is 0 Å². The van der Waals surface area contributed by atoms with E-state index in [1.165, 1.54) is 0 Å². The van der Waals surface area contributed by atoms with Crippen molar-refractivity contribution < 1.29 is 30.0 Å². The second kappa shape index (κ2) is 7.36. The molecule has 0 aromatic heterocycles. The minimum atomic E-state index is -1.54. The number of alkyl halides is 1. The van der Waals surface area contributed by atoms with E-state index in [2.05, 4.69) is 5.32 Å². The number of ether oxygens (including phenoxy) is 1. The van der Waals surface area contributed by atoms with Crippen LogP contribution in [-0.4, -0.2) is 63.6 Å². The predicted octanol–water partition coefficient (Wildman–Crippen LogP) is -1.04. The number of hydrogen-bond acceptors (Lipinski definition) is 6. The summed E-state index contributed by atoms with van der Waals surface area (Å²) in [5.41, 5.74) is 1.16. The summed E-state index contributed by atoms with van der Waals surface area (Å²) in [6.45, 7) is -0.560. The van der Waals surface area contributed by atoms with Gasteiger partial charge in [-0.25, -0.2) is 0 Å². The van der Waals surface area contributed by atoms with Crippen LogP contribution >= 0.6 is 11.6 Å². The fraction of sp³-hybridized carbons (Fsp3) is 0.500. The normalized spacial score (nSPS) is 31.8. The molecule has 1 fully saturated rings. The van der Waals surface area contributed by atoms with Crippen molar-refractivity contribution in [2.45, 2.75) is 36.5 Å². The second-order valence-corrected chi connectivity index (χ2v) is 5.33. The summed E-state index contributed by atoms with van der Waals surface area (Å²) in [6.07, 6.45) is -5.54. The molecule has 2 rings (SSSR count). The van der Waals surface area contributed by atoms with Crippen LogP contribution < -0.4 is 5.32 Å². The third-order valence-electron chi connectivity index (χ3n) is 3.57. The molecular weight excluding hydrogens is 314 g/mol. The number of amides is 1. The summed E-state index contributed by atoms with van der Waals surface area (Å²) in [7, 11) is 0. The van der Waals surface area contributed by atoms with Gasteiger partial charge in [-0.1, -0.05) is 12.1 Å². The van der Waals surface area contributed by atoms with Crippen molar-refractivity contribution in [3.63, 3.8) is 0 Å². The molecule has 122 valence electrons. The first kappa shape index (κ1) is 17.1. The van der Waals surface area contributed by atoms with Gasteiger partial charge in [0.1, 0.15) is 24.4 Å².